The van der Waals surface area contributed by atoms with Gasteiger partial charge in [0.25, 0.3) is 5.91 Å². The summed E-state index contributed by atoms with van der Waals surface area (Å²) in [6.07, 6.45) is 0. The van der Waals surface area contributed by atoms with Gasteiger partial charge < -0.3 is 10.3 Å². The average molecular weight is 401 g/mol. The van der Waals surface area contributed by atoms with E-state index in [1.54, 1.807) is 18.2 Å². The number of aromatic nitrogens is 3. The first-order valence-electron chi connectivity index (χ1n) is 8.11. The van der Waals surface area contributed by atoms with Crippen LogP contribution in [0.15, 0.2) is 53.4 Å². The molecule has 4 aromatic rings. The highest BCUT2D eigenvalue weighted by Gasteiger charge is 2.19. The summed E-state index contributed by atoms with van der Waals surface area (Å²) in [5.74, 6) is -0.295. The summed E-state index contributed by atoms with van der Waals surface area (Å²) in [6.45, 7) is 0.209. The van der Waals surface area contributed by atoms with Gasteiger partial charge in [0, 0.05) is 24.0 Å². The Hall–Kier alpha value is -2.82. The number of amides is 1. The molecular formula is C17H15N5O3S2. The average Bonchev–Trinajstić information content (AvgIpc) is 3.31. The molecule has 1 amide bonds. The molecule has 27 heavy (non-hydrogen) atoms. The summed E-state index contributed by atoms with van der Waals surface area (Å²) in [5, 5.41) is 3.63. The first-order chi connectivity index (χ1) is 13.0. The molecule has 0 radical (unpaired) electrons. The third-order valence-electron chi connectivity index (χ3n) is 4.02. The van der Waals surface area contributed by atoms with Gasteiger partial charge in [-0.25, -0.2) is 13.1 Å². The largest absolute Gasteiger partial charge is 0.351 e. The first kappa shape index (κ1) is 17.6. The third-order valence-corrected chi connectivity index (χ3v) is 6.05. The number of H-pyrrole nitrogens is 1. The van der Waals surface area contributed by atoms with Gasteiger partial charge in [-0.05, 0) is 24.3 Å². The number of carbonyl (C=O) groups excluding carboxylic acids is 1. The van der Waals surface area contributed by atoms with E-state index in [4.69, 9.17) is 0 Å². The van der Waals surface area contributed by atoms with Gasteiger partial charge in [0.1, 0.15) is 21.6 Å². The van der Waals surface area contributed by atoms with Crippen molar-refractivity contribution in [3.8, 4) is 0 Å². The molecule has 3 N–H and O–H groups in total. The van der Waals surface area contributed by atoms with Crippen molar-refractivity contribution in [1.29, 1.82) is 0 Å². The van der Waals surface area contributed by atoms with Crippen LogP contribution in [0.4, 0.5) is 0 Å². The van der Waals surface area contributed by atoms with Gasteiger partial charge >= 0.3 is 0 Å². The maximum Gasteiger partial charge on any atom is 0.267 e. The van der Waals surface area contributed by atoms with Crippen LogP contribution >= 0.6 is 11.7 Å². The lowest BCUT2D eigenvalue weighted by Gasteiger charge is -2.08. The second-order valence-electron chi connectivity index (χ2n) is 5.81. The van der Waals surface area contributed by atoms with Crippen LogP contribution in [-0.4, -0.2) is 41.1 Å². The molecule has 0 unspecified atom stereocenters. The Kier molecular flexibility index (Phi) is 4.60. The summed E-state index contributed by atoms with van der Waals surface area (Å²) >= 11 is 0.962. The lowest BCUT2D eigenvalue weighted by molar-refractivity contribution is 0.0950. The van der Waals surface area contributed by atoms with Crippen molar-refractivity contribution >= 4 is 49.6 Å². The van der Waals surface area contributed by atoms with Crippen molar-refractivity contribution in [3.05, 3.63) is 54.2 Å². The highest BCUT2D eigenvalue weighted by Crippen LogP contribution is 2.20. The Morgan fingerprint density at radius 2 is 1.93 bits per heavy atom. The van der Waals surface area contributed by atoms with Crippen LogP contribution in [-0.2, 0) is 10.0 Å². The molecule has 2 heterocycles. The lowest BCUT2D eigenvalue weighted by Crippen LogP contribution is -2.34. The number of aromatic amines is 1. The van der Waals surface area contributed by atoms with E-state index in [2.05, 4.69) is 23.8 Å². The minimum absolute atomic E-state index is 0.0578. The predicted molar refractivity (Wildman–Crippen MR) is 103 cm³/mol. The van der Waals surface area contributed by atoms with E-state index in [1.165, 1.54) is 6.07 Å². The summed E-state index contributed by atoms with van der Waals surface area (Å²) in [7, 11) is -3.74. The molecule has 2 aromatic heterocycles. The quantitative estimate of drug-likeness (QED) is 0.427. The zero-order chi connectivity index (χ0) is 18.9. The van der Waals surface area contributed by atoms with E-state index in [0.29, 0.717) is 16.7 Å². The van der Waals surface area contributed by atoms with Gasteiger partial charge in [-0.15, -0.1) is 0 Å². The third kappa shape index (κ3) is 3.54. The van der Waals surface area contributed by atoms with E-state index < -0.39 is 10.0 Å². The summed E-state index contributed by atoms with van der Waals surface area (Å²) < 4.78 is 35.5. The number of para-hydroxylation sites is 1. The molecule has 138 valence electrons. The maximum absolute atomic E-state index is 12.5. The van der Waals surface area contributed by atoms with Gasteiger partial charge in [0.2, 0.25) is 10.0 Å². The van der Waals surface area contributed by atoms with Crippen LogP contribution in [0, 0.1) is 0 Å². The van der Waals surface area contributed by atoms with E-state index in [9.17, 15) is 13.2 Å². The van der Waals surface area contributed by atoms with Crippen LogP contribution in [0.3, 0.4) is 0 Å². The monoisotopic (exact) mass is 401 g/mol. The van der Waals surface area contributed by atoms with Crippen LogP contribution in [0.25, 0.3) is 21.9 Å². The predicted octanol–water partition coefficient (Wildman–Crippen LogP) is 1.88. The topological polar surface area (TPSA) is 117 Å². The maximum atomic E-state index is 12.5. The molecule has 0 aliphatic heterocycles. The van der Waals surface area contributed by atoms with Gasteiger partial charge in [-0.3, -0.25) is 4.79 Å². The Balaban J connectivity index is 1.38. The van der Waals surface area contributed by atoms with Gasteiger partial charge in [-0.1, -0.05) is 24.3 Å². The molecule has 0 bridgehead atoms. The summed E-state index contributed by atoms with van der Waals surface area (Å²) in [5.41, 5.74) is 2.18. The smallest absolute Gasteiger partial charge is 0.267 e. The zero-order valence-corrected chi connectivity index (χ0v) is 15.6. The molecule has 0 fully saturated rings. The number of nitrogens with one attached hydrogen (secondary N) is 3. The second kappa shape index (κ2) is 7.06. The Morgan fingerprint density at radius 3 is 2.78 bits per heavy atom. The Labute approximate surface area is 159 Å². The summed E-state index contributed by atoms with van der Waals surface area (Å²) in [4.78, 5) is 15.3. The van der Waals surface area contributed by atoms with Crippen LogP contribution in [0.2, 0.25) is 0 Å². The lowest BCUT2D eigenvalue weighted by atomic mass is 10.2. The fourth-order valence-corrected chi connectivity index (χ4v) is 4.52. The van der Waals surface area contributed by atoms with Gasteiger partial charge in [0.15, 0.2) is 0 Å². The zero-order valence-electron chi connectivity index (χ0n) is 14.0. The fourth-order valence-electron chi connectivity index (χ4n) is 2.73. The SMILES string of the molecule is O=C(NCCNS(=O)(=O)c1cccc2nsnc12)c1cc2ccccc2[nH]1. The number of carbonyl (C=O) groups is 1. The molecule has 0 aliphatic carbocycles. The van der Waals surface area contributed by atoms with E-state index in [-0.39, 0.29) is 23.9 Å². The van der Waals surface area contributed by atoms with Gasteiger partial charge in [-0.2, -0.15) is 8.75 Å². The number of hydrogen-bond acceptors (Lipinski definition) is 6. The molecule has 4 rings (SSSR count). The Bertz CT molecular complexity index is 1200. The van der Waals surface area contributed by atoms with Crippen molar-refractivity contribution in [2.24, 2.45) is 0 Å². The van der Waals surface area contributed by atoms with Crippen molar-refractivity contribution in [3.63, 3.8) is 0 Å². The molecule has 0 saturated heterocycles. The van der Waals surface area contributed by atoms with Crippen LogP contribution in [0.1, 0.15) is 10.5 Å². The molecule has 2 aromatic carbocycles. The minimum atomic E-state index is -3.74. The van der Waals surface area contributed by atoms with Crippen molar-refractivity contribution in [2.45, 2.75) is 4.90 Å². The number of nitrogens with zero attached hydrogens (tertiary/aromatic N) is 2. The highest BCUT2D eigenvalue weighted by atomic mass is 32.2. The normalized spacial score (nSPS) is 11.9. The fraction of sp³-hybridized carbons (Fsp3) is 0.118. The van der Waals surface area contributed by atoms with Crippen LogP contribution < -0.4 is 10.0 Å². The van der Waals surface area contributed by atoms with Crippen LogP contribution in [0.5, 0.6) is 0 Å². The standard InChI is InChI=1S/C17H15N5O3S2/c23-17(14-10-11-4-1-2-5-12(11)20-14)18-8-9-19-27(24,25)15-7-3-6-13-16(15)22-26-21-13/h1-7,10,19-20H,8-9H2,(H,18,23). The molecule has 10 heteroatoms. The van der Waals surface area contributed by atoms with Crippen molar-refractivity contribution < 1.29 is 13.2 Å². The summed E-state index contributed by atoms with van der Waals surface area (Å²) in [6, 6.07) is 14.1. The van der Waals surface area contributed by atoms with E-state index >= 15 is 0 Å². The highest BCUT2D eigenvalue weighted by molar-refractivity contribution is 7.89. The molecule has 0 aliphatic rings. The molecule has 0 saturated carbocycles. The first-order valence-corrected chi connectivity index (χ1v) is 10.3. The van der Waals surface area contributed by atoms with Gasteiger partial charge in [0.05, 0.1) is 11.7 Å². The number of sulfonamides is 1. The molecule has 8 nitrogen and oxygen atoms in total. The van der Waals surface area contributed by atoms with E-state index in [1.807, 2.05) is 24.3 Å². The second-order valence-corrected chi connectivity index (χ2v) is 8.08. The number of fused-ring (bicyclic) bond motifs is 2. The van der Waals surface area contributed by atoms with E-state index in [0.717, 1.165) is 22.6 Å². The number of benzene rings is 2. The molecule has 0 atom stereocenters. The van der Waals surface area contributed by atoms with Crippen molar-refractivity contribution in [1.82, 2.24) is 23.8 Å². The van der Waals surface area contributed by atoms with Crippen molar-refractivity contribution in [2.75, 3.05) is 13.1 Å². The Morgan fingerprint density at radius 1 is 1.07 bits per heavy atom. The number of hydrogen-bond donors (Lipinski definition) is 3. The minimum Gasteiger partial charge on any atom is -0.351 e. The molecule has 0 spiro atoms. The number of rotatable bonds is 6. The molecular weight excluding hydrogens is 386 g/mol.